The van der Waals surface area contributed by atoms with Crippen molar-refractivity contribution in [2.75, 3.05) is 0 Å². The third-order valence-corrected chi connectivity index (χ3v) is 5.89. The monoisotopic (exact) mass is 480 g/mol. The van der Waals surface area contributed by atoms with Crippen LogP contribution in [-0.2, 0) is 12.4 Å². The largest absolute Gasteiger partial charge is 0.416 e. The predicted molar refractivity (Wildman–Crippen MR) is 121 cm³/mol. The van der Waals surface area contributed by atoms with Crippen molar-refractivity contribution in [3.63, 3.8) is 0 Å². The number of para-hydroxylation sites is 1. The van der Waals surface area contributed by atoms with Crippen molar-refractivity contribution in [1.82, 2.24) is 4.57 Å². The zero-order chi connectivity index (χ0) is 25.0. The minimum absolute atomic E-state index is 0.134. The number of hydrogen-bond donors (Lipinski definition) is 0. The van der Waals surface area contributed by atoms with Crippen LogP contribution in [0.5, 0.6) is 0 Å². The number of fused-ring (bicyclic) bond motifs is 3. The van der Waals surface area contributed by atoms with E-state index < -0.39 is 23.5 Å². The van der Waals surface area contributed by atoms with Crippen LogP contribution in [0.3, 0.4) is 0 Å². The Balaban J connectivity index is 1.89. The Hall–Kier alpha value is -4.25. The molecule has 0 radical (unpaired) electrons. The average Bonchev–Trinajstić information content (AvgIpc) is 3.16. The van der Waals surface area contributed by atoms with Crippen molar-refractivity contribution in [2.45, 2.75) is 12.4 Å². The first-order chi connectivity index (χ1) is 16.6. The standard InChI is InChI=1S/C27H14F6N2/c28-26(29,30)18-9-11-21-22-12-10-19(27(31,32)33)14-25(22)35(24(21)13-18)23-4-2-1-3-20(23)17-7-5-16(15-34)6-8-17/h1-14H. The molecule has 5 rings (SSSR count). The predicted octanol–water partition coefficient (Wildman–Crippen LogP) is 8.36. The molecular weight excluding hydrogens is 466 g/mol. The number of halogens is 6. The van der Waals surface area contributed by atoms with E-state index in [-0.39, 0.29) is 11.0 Å². The Labute approximate surface area is 195 Å². The Morgan fingerprint density at radius 2 is 1.14 bits per heavy atom. The number of alkyl halides is 6. The van der Waals surface area contributed by atoms with Gasteiger partial charge in [0.2, 0.25) is 0 Å². The summed E-state index contributed by atoms with van der Waals surface area (Å²) in [6, 6.07) is 21.7. The molecule has 0 amide bonds. The van der Waals surface area contributed by atoms with Gasteiger partial charge in [-0.2, -0.15) is 31.6 Å². The fourth-order valence-electron chi connectivity index (χ4n) is 4.27. The SMILES string of the molecule is N#Cc1ccc(-c2ccccc2-n2c3cc(C(F)(F)F)ccc3c3ccc(C(F)(F)F)cc32)cc1. The van der Waals surface area contributed by atoms with Gasteiger partial charge in [0.05, 0.1) is 39.5 Å². The summed E-state index contributed by atoms with van der Waals surface area (Å²) in [7, 11) is 0. The van der Waals surface area contributed by atoms with Crippen molar-refractivity contribution >= 4 is 21.8 Å². The molecule has 0 saturated heterocycles. The highest BCUT2D eigenvalue weighted by Gasteiger charge is 2.33. The van der Waals surface area contributed by atoms with Crippen LogP contribution in [-0.4, -0.2) is 4.57 Å². The van der Waals surface area contributed by atoms with Crippen LogP contribution in [0.2, 0.25) is 0 Å². The van der Waals surface area contributed by atoms with Crippen LogP contribution in [0.15, 0.2) is 84.9 Å². The molecule has 0 aliphatic carbocycles. The van der Waals surface area contributed by atoms with Gasteiger partial charge in [0.15, 0.2) is 0 Å². The maximum Gasteiger partial charge on any atom is 0.416 e. The molecule has 0 atom stereocenters. The van der Waals surface area contributed by atoms with Crippen molar-refractivity contribution in [1.29, 1.82) is 5.26 Å². The summed E-state index contributed by atoms with van der Waals surface area (Å²) in [5.74, 6) is 0. The van der Waals surface area contributed by atoms with Gasteiger partial charge < -0.3 is 4.57 Å². The Morgan fingerprint density at radius 3 is 1.63 bits per heavy atom. The van der Waals surface area contributed by atoms with Gasteiger partial charge in [0, 0.05) is 16.3 Å². The number of aromatic nitrogens is 1. The Morgan fingerprint density at radius 1 is 0.629 bits per heavy atom. The molecule has 0 fully saturated rings. The molecule has 1 heterocycles. The van der Waals surface area contributed by atoms with E-state index >= 15 is 0 Å². The van der Waals surface area contributed by atoms with E-state index in [4.69, 9.17) is 5.26 Å². The van der Waals surface area contributed by atoms with E-state index in [0.29, 0.717) is 33.2 Å². The Kier molecular flexibility index (Phi) is 5.09. The molecule has 1 aromatic heterocycles. The van der Waals surface area contributed by atoms with E-state index in [9.17, 15) is 26.3 Å². The lowest BCUT2D eigenvalue weighted by atomic mass is 10.0. The number of hydrogen-bond acceptors (Lipinski definition) is 1. The van der Waals surface area contributed by atoms with Crippen LogP contribution in [0.1, 0.15) is 16.7 Å². The van der Waals surface area contributed by atoms with Gasteiger partial charge in [-0.1, -0.05) is 42.5 Å². The fourth-order valence-corrected chi connectivity index (χ4v) is 4.27. The molecule has 0 spiro atoms. The number of rotatable bonds is 2. The molecule has 174 valence electrons. The molecule has 8 heteroatoms. The van der Waals surface area contributed by atoms with E-state index in [2.05, 4.69) is 0 Å². The lowest BCUT2D eigenvalue weighted by molar-refractivity contribution is -0.138. The van der Waals surface area contributed by atoms with Crippen molar-refractivity contribution in [2.24, 2.45) is 0 Å². The molecule has 0 saturated carbocycles. The van der Waals surface area contributed by atoms with Crippen molar-refractivity contribution < 1.29 is 26.3 Å². The van der Waals surface area contributed by atoms with Gasteiger partial charge in [-0.25, -0.2) is 0 Å². The zero-order valence-corrected chi connectivity index (χ0v) is 17.7. The second kappa shape index (κ2) is 7.91. The molecule has 0 N–H and O–H groups in total. The van der Waals surface area contributed by atoms with Crippen LogP contribution in [0.25, 0.3) is 38.6 Å². The summed E-state index contributed by atoms with van der Waals surface area (Å²) in [6.45, 7) is 0. The summed E-state index contributed by atoms with van der Waals surface area (Å²) >= 11 is 0. The third kappa shape index (κ3) is 3.89. The average molecular weight is 480 g/mol. The second-order valence-corrected chi connectivity index (χ2v) is 8.00. The molecular formula is C27H14F6N2. The lowest BCUT2D eigenvalue weighted by Crippen LogP contribution is -2.06. The molecule has 4 aromatic carbocycles. The van der Waals surface area contributed by atoms with E-state index in [1.165, 1.54) is 16.7 Å². The molecule has 0 aliphatic heterocycles. The normalized spacial score (nSPS) is 12.3. The first-order valence-corrected chi connectivity index (χ1v) is 10.4. The van der Waals surface area contributed by atoms with E-state index in [1.54, 1.807) is 48.5 Å². The summed E-state index contributed by atoms with van der Waals surface area (Å²) in [5.41, 5.74) is 0.551. The van der Waals surface area contributed by atoms with Gasteiger partial charge in [0.25, 0.3) is 0 Å². The number of nitriles is 1. The minimum atomic E-state index is -4.63. The van der Waals surface area contributed by atoms with Gasteiger partial charge in [-0.15, -0.1) is 0 Å². The molecule has 5 aromatic rings. The first-order valence-electron chi connectivity index (χ1n) is 10.4. The maximum absolute atomic E-state index is 13.6. The summed E-state index contributed by atoms with van der Waals surface area (Å²) < 4.78 is 82.8. The zero-order valence-electron chi connectivity index (χ0n) is 17.7. The Bertz CT molecular complexity index is 1550. The molecule has 0 aliphatic rings. The molecule has 2 nitrogen and oxygen atoms in total. The van der Waals surface area contributed by atoms with Gasteiger partial charge in [-0.3, -0.25) is 0 Å². The highest BCUT2D eigenvalue weighted by atomic mass is 19.4. The van der Waals surface area contributed by atoms with Gasteiger partial charge in [-0.05, 0) is 48.0 Å². The lowest BCUT2D eigenvalue weighted by Gasteiger charge is -2.15. The summed E-state index contributed by atoms with van der Waals surface area (Å²) in [6.07, 6.45) is -9.25. The first kappa shape index (κ1) is 22.5. The molecule has 0 bridgehead atoms. The number of nitrogens with zero attached hydrogens (tertiary/aromatic N) is 2. The summed E-state index contributed by atoms with van der Waals surface area (Å²) in [5, 5.41) is 9.88. The van der Waals surface area contributed by atoms with Crippen molar-refractivity contribution in [3.05, 3.63) is 102 Å². The van der Waals surface area contributed by atoms with Crippen LogP contribution in [0.4, 0.5) is 26.3 Å². The van der Waals surface area contributed by atoms with E-state index in [0.717, 1.165) is 24.3 Å². The number of benzene rings is 4. The van der Waals surface area contributed by atoms with Crippen LogP contribution < -0.4 is 0 Å². The van der Waals surface area contributed by atoms with Crippen LogP contribution >= 0.6 is 0 Å². The molecule has 35 heavy (non-hydrogen) atoms. The molecule has 0 unspecified atom stereocenters. The van der Waals surface area contributed by atoms with Gasteiger partial charge >= 0.3 is 12.4 Å². The fraction of sp³-hybridized carbons (Fsp3) is 0.0741. The van der Waals surface area contributed by atoms with Crippen LogP contribution in [0, 0.1) is 11.3 Å². The summed E-state index contributed by atoms with van der Waals surface area (Å²) in [4.78, 5) is 0. The topological polar surface area (TPSA) is 28.7 Å². The maximum atomic E-state index is 13.6. The smallest absolute Gasteiger partial charge is 0.309 e. The minimum Gasteiger partial charge on any atom is -0.309 e. The van der Waals surface area contributed by atoms with Crippen molar-refractivity contribution in [3.8, 4) is 22.9 Å². The van der Waals surface area contributed by atoms with Gasteiger partial charge in [0.1, 0.15) is 0 Å². The third-order valence-electron chi connectivity index (χ3n) is 5.89. The quantitative estimate of drug-likeness (QED) is 0.233. The van der Waals surface area contributed by atoms with E-state index in [1.807, 2.05) is 6.07 Å². The highest BCUT2D eigenvalue weighted by molar-refractivity contribution is 6.10. The highest BCUT2D eigenvalue weighted by Crippen LogP contribution is 2.41. The second-order valence-electron chi connectivity index (χ2n) is 8.00.